The van der Waals surface area contributed by atoms with Gasteiger partial charge in [-0.2, -0.15) is 0 Å². The Morgan fingerprint density at radius 2 is 1.85 bits per heavy atom. The number of ether oxygens (including phenoxy) is 1. The number of hydrazine groups is 1. The lowest BCUT2D eigenvalue weighted by Crippen LogP contribution is -2.45. The van der Waals surface area contributed by atoms with Crippen molar-refractivity contribution in [3.8, 4) is 5.75 Å². The van der Waals surface area contributed by atoms with Gasteiger partial charge in [0.25, 0.3) is 5.91 Å². The molecule has 0 bridgehead atoms. The molecule has 7 nitrogen and oxygen atoms in total. The summed E-state index contributed by atoms with van der Waals surface area (Å²) in [5.41, 5.74) is 6.83. The van der Waals surface area contributed by atoms with Gasteiger partial charge in [0.2, 0.25) is 0 Å². The molecule has 2 aliphatic rings. The molecule has 34 heavy (non-hydrogen) atoms. The molecule has 180 valence electrons. The largest absolute Gasteiger partial charge is 0.496 e. The van der Waals surface area contributed by atoms with Crippen molar-refractivity contribution in [2.45, 2.75) is 64.2 Å². The minimum atomic E-state index is -0.198. The first-order chi connectivity index (χ1) is 16.5. The van der Waals surface area contributed by atoms with Crippen molar-refractivity contribution in [2.24, 2.45) is 0 Å². The van der Waals surface area contributed by atoms with Gasteiger partial charge in [-0.3, -0.25) is 14.6 Å². The van der Waals surface area contributed by atoms with E-state index in [0.717, 1.165) is 41.6 Å². The number of nitrogens with zero attached hydrogens (tertiary/aromatic N) is 1. The summed E-state index contributed by atoms with van der Waals surface area (Å²) >= 11 is 0. The van der Waals surface area contributed by atoms with Crippen LogP contribution in [0.1, 0.15) is 67.1 Å². The fraction of sp³-hybridized carbons (Fsp3) is 0.407. The molecule has 0 radical (unpaired) electrons. The van der Waals surface area contributed by atoms with Crippen LogP contribution in [0.25, 0.3) is 0 Å². The first-order valence-electron chi connectivity index (χ1n) is 12.0. The van der Waals surface area contributed by atoms with Gasteiger partial charge in [0.05, 0.1) is 24.3 Å². The molecule has 0 spiro atoms. The lowest BCUT2D eigenvalue weighted by molar-refractivity contribution is -0.105. The number of amides is 1. The van der Waals surface area contributed by atoms with Crippen LogP contribution in [0.15, 0.2) is 59.9 Å². The molecule has 0 saturated heterocycles. The minimum Gasteiger partial charge on any atom is -0.496 e. The smallest absolute Gasteiger partial charge is 0.255 e. The number of carbonyl (C=O) groups is 2. The Hall–Kier alpha value is -3.32. The monoisotopic (exact) mass is 462 g/mol. The van der Waals surface area contributed by atoms with E-state index in [4.69, 9.17) is 4.74 Å². The molecule has 1 amide bonds. The molecule has 1 heterocycles. The third kappa shape index (κ3) is 5.09. The molecule has 4 rings (SSSR count). The van der Waals surface area contributed by atoms with E-state index in [9.17, 15) is 9.59 Å². The molecule has 1 atom stereocenters. The number of aldehydes is 1. The highest BCUT2D eigenvalue weighted by molar-refractivity contribution is 5.96. The first-order valence-corrected chi connectivity index (χ1v) is 12.0. The zero-order valence-electron chi connectivity index (χ0n) is 20.1. The normalized spacial score (nSPS) is 18.5. The van der Waals surface area contributed by atoms with Gasteiger partial charge in [-0.25, -0.2) is 5.43 Å². The van der Waals surface area contributed by atoms with Crippen molar-refractivity contribution in [1.29, 1.82) is 0 Å². The summed E-state index contributed by atoms with van der Waals surface area (Å²) in [4.78, 5) is 24.7. The first kappa shape index (κ1) is 23.8. The fourth-order valence-electron chi connectivity index (χ4n) is 4.74. The number of hydrogen-bond donors (Lipinski definition) is 3. The summed E-state index contributed by atoms with van der Waals surface area (Å²) in [6, 6.07) is 15.6. The summed E-state index contributed by atoms with van der Waals surface area (Å²) in [6.45, 7) is 4.58. The average Bonchev–Trinajstić information content (AvgIpc) is 3.50. The van der Waals surface area contributed by atoms with Crippen LogP contribution in [0.3, 0.4) is 0 Å². The summed E-state index contributed by atoms with van der Waals surface area (Å²) in [5, 5.41) is 8.63. The molecule has 2 aromatic carbocycles. The van der Waals surface area contributed by atoms with Crippen LogP contribution < -0.4 is 20.8 Å². The molecular formula is C27H34N4O3. The second-order valence-corrected chi connectivity index (χ2v) is 9.22. The molecule has 0 aromatic heterocycles. The standard InChI is InChI=1S/C27H34N4O3/c1-18(2)29-26-23(17-32)25(30-31(26)21-8-4-5-9-21)20-14-12-19(13-15-20)16-28-27(33)22-10-6-7-11-24(22)34-3/h6-7,10-15,17-18,21,25,29-30H,4-5,8-9,16H2,1-3H3,(H,28,33). The Morgan fingerprint density at radius 3 is 2.50 bits per heavy atom. The number of carbonyl (C=O) groups excluding carboxylic acids is 2. The van der Waals surface area contributed by atoms with E-state index in [1.54, 1.807) is 19.2 Å². The average molecular weight is 463 g/mol. The van der Waals surface area contributed by atoms with E-state index in [-0.39, 0.29) is 18.0 Å². The van der Waals surface area contributed by atoms with E-state index >= 15 is 0 Å². The van der Waals surface area contributed by atoms with Crippen molar-refractivity contribution < 1.29 is 14.3 Å². The SMILES string of the molecule is COc1ccccc1C(=O)NCc1ccc(C2NN(C3CCCC3)C(NC(C)C)=C2C=O)cc1. The molecule has 1 unspecified atom stereocenters. The van der Waals surface area contributed by atoms with Gasteiger partial charge in [-0.1, -0.05) is 49.2 Å². The van der Waals surface area contributed by atoms with E-state index < -0.39 is 0 Å². The van der Waals surface area contributed by atoms with Crippen molar-refractivity contribution >= 4 is 12.2 Å². The summed E-state index contributed by atoms with van der Waals surface area (Å²) in [5.74, 6) is 1.27. The number of methoxy groups -OCH3 is 1. The Morgan fingerprint density at radius 1 is 1.15 bits per heavy atom. The summed E-state index contributed by atoms with van der Waals surface area (Å²) in [6.07, 6.45) is 5.65. The van der Waals surface area contributed by atoms with Gasteiger partial charge >= 0.3 is 0 Å². The predicted molar refractivity (Wildman–Crippen MR) is 132 cm³/mol. The van der Waals surface area contributed by atoms with E-state index in [0.29, 0.717) is 23.9 Å². The van der Waals surface area contributed by atoms with Crippen LogP contribution in [0, 0.1) is 0 Å². The molecule has 7 heteroatoms. The Balaban J connectivity index is 1.47. The molecular weight excluding hydrogens is 428 g/mol. The van der Waals surface area contributed by atoms with E-state index in [2.05, 4.69) is 34.9 Å². The minimum absolute atomic E-state index is 0.179. The van der Waals surface area contributed by atoms with Gasteiger partial charge in [0, 0.05) is 18.6 Å². The van der Waals surface area contributed by atoms with Crippen LogP contribution in [0.2, 0.25) is 0 Å². The highest BCUT2D eigenvalue weighted by Gasteiger charge is 2.37. The molecule has 2 aromatic rings. The van der Waals surface area contributed by atoms with Gasteiger partial charge < -0.3 is 15.4 Å². The topological polar surface area (TPSA) is 82.7 Å². The van der Waals surface area contributed by atoms with Crippen LogP contribution >= 0.6 is 0 Å². The lowest BCUT2D eigenvalue weighted by atomic mass is 9.99. The number of benzene rings is 2. The quantitative estimate of drug-likeness (QED) is 0.491. The Kier molecular flexibility index (Phi) is 7.53. The Labute approximate surface area is 201 Å². The molecule has 1 saturated carbocycles. The van der Waals surface area contributed by atoms with E-state index in [1.165, 1.54) is 12.8 Å². The third-order valence-electron chi connectivity index (χ3n) is 6.45. The van der Waals surface area contributed by atoms with Crippen molar-refractivity contribution in [3.05, 3.63) is 76.6 Å². The van der Waals surface area contributed by atoms with Crippen molar-refractivity contribution in [2.75, 3.05) is 7.11 Å². The van der Waals surface area contributed by atoms with Gasteiger partial charge in [-0.05, 0) is 49.9 Å². The molecule has 1 fully saturated rings. The summed E-state index contributed by atoms with van der Waals surface area (Å²) < 4.78 is 5.28. The highest BCUT2D eigenvalue weighted by atomic mass is 16.5. The predicted octanol–water partition coefficient (Wildman–Crippen LogP) is 3.84. The molecule has 1 aliphatic carbocycles. The zero-order chi connectivity index (χ0) is 24.1. The number of hydrogen-bond acceptors (Lipinski definition) is 6. The van der Waals surface area contributed by atoms with Gasteiger partial charge in [0.15, 0.2) is 6.29 Å². The van der Waals surface area contributed by atoms with Crippen LogP contribution in [-0.4, -0.2) is 36.4 Å². The fourth-order valence-corrected chi connectivity index (χ4v) is 4.74. The maximum Gasteiger partial charge on any atom is 0.255 e. The van der Waals surface area contributed by atoms with Crippen LogP contribution in [0.5, 0.6) is 5.75 Å². The molecule has 1 aliphatic heterocycles. The highest BCUT2D eigenvalue weighted by Crippen LogP contribution is 2.35. The zero-order valence-corrected chi connectivity index (χ0v) is 20.1. The van der Waals surface area contributed by atoms with Crippen molar-refractivity contribution in [1.82, 2.24) is 21.1 Å². The van der Waals surface area contributed by atoms with Gasteiger partial charge in [-0.15, -0.1) is 0 Å². The summed E-state index contributed by atoms with van der Waals surface area (Å²) in [7, 11) is 1.56. The van der Waals surface area contributed by atoms with E-state index in [1.807, 2.05) is 36.4 Å². The second kappa shape index (κ2) is 10.7. The molecule has 3 N–H and O–H groups in total. The number of nitrogens with one attached hydrogen (secondary N) is 3. The maximum absolute atomic E-state index is 12.6. The maximum atomic E-state index is 12.6. The number of para-hydroxylation sites is 1. The number of rotatable bonds is 9. The Bertz CT molecular complexity index is 1040. The lowest BCUT2D eigenvalue weighted by Gasteiger charge is -2.31. The second-order valence-electron chi connectivity index (χ2n) is 9.22. The van der Waals surface area contributed by atoms with Crippen LogP contribution in [-0.2, 0) is 11.3 Å². The third-order valence-corrected chi connectivity index (χ3v) is 6.45. The van der Waals surface area contributed by atoms with Crippen molar-refractivity contribution in [3.63, 3.8) is 0 Å². The van der Waals surface area contributed by atoms with Crippen LogP contribution in [0.4, 0.5) is 0 Å². The van der Waals surface area contributed by atoms with Gasteiger partial charge in [0.1, 0.15) is 11.6 Å².